The Morgan fingerprint density at radius 2 is 1.64 bits per heavy atom. The summed E-state index contributed by atoms with van der Waals surface area (Å²) >= 11 is 0. The van der Waals surface area contributed by atoms with Crippen molar-refractivity contribution < 1.29 is 0 Å². The number of aryl methyl sites for hydroxylation is 2. The van der Waals surface area contributed by atoms with Gasteiger partial charge in [-0.15, -0.1) is 0 Å². The Balaban J connectivity index is 1.70. The van der Waals surface area contributed by atoms with Crippen LogP contribution in [0, 0.1) is 13.8 Å². The van der Waals surface area contributed by atoms with Crippen LogP contribution in [-0.4, -0.2) is 9.97 Å². The summed E-state index contributed by atoms with van der Waals surface area (Å²) in [7, 11) is 0. The molecule has 1 aromatic heterocycles. The van der Waals surface area contributed by atoms with Gasteiger partial charge in [0.1, 0.15) is 17.5 Å². The van der Waals surface area contributed by atoms with E-state index in [1.165, 1.54) is 16.7 Å². The van der Waals surface area contributed by atoms with Crippen molar-refractivity contribution in [3.8, 4) is 0 Å². The lowest BCUT2D eigenvalue weighted by atomic mass is 10.1. The molecule has 3 rings (SSSR count). The molecule has 0 aliphatic rings. The molecule has 1 unspecified atom stereocenters. The molecule has 0 aliphatic carbocycles. The molecule has 0 fully saturated rings. The number of anilines is 2. The van der Waals surface area contributed by atoms with Gasteiger partial charge in [0.25, 0.3) is 0 Å². The molecule has 0 amide bonds. The van der Waals surface area contributed by atoms with E-state index in [2.05, 4.69) is 70.8 Å². The van der Waals surface area contributed by atoms with Gasteiger partial charge in [-0.05, 0) is 31.9 Å². The smallest absolute Gasteiger partial charge is 0.132 e. The molecule has 1 heterocycles. The quantitative estimate of drug-likeness (QED) is 0.675. The molecule has 0 spiro atoms. The predicted octanol–water partition coefficient (Wildman–Crippen LogP) is 4.88. The lowest BCUT2D eigenvalue weighted by Crippen LogP contribution is -2.10. The summed E-state index contributed by atoms with van der Waals surface area (Å²) in [6, 6.07) is 21.0. The van der Waals surface area contributed by atoms with Gasteiger partial charge in [0.05, 0.1) is 0 Å². The second-order valence-electron chi connectivity index (χ2n) is 6.30. The average Bonchev–Trinajstić information content (AvgIpc) is 2.60. The normalized spacial score (nSPS) is 11.8. The van der Waals surface area contributed by atoms with Crippen LogP contribution in [0.2, 0.25) is 0 Å². The summed E-state index contributed by atoms with van der Waals surface area (Å²) in [5.74, 6) is 2.41. The molecule has 0 bridgehead atoms. The number of benzene rings is 2. The van der Waals surface area contributed by atoms with Crippen LogP contribution in [0.1, 0.15) is 35.5 Å². The summed E-state index contributed by atoms with van der Waals surface area (Å²) < 4.78 is 0. The maximum Gasteiger partial charge on any atom is 0.132 e. The largest absolute Gasteiger partial charge is 0.366 e. The Hall–Kier alpha value is -2.88. The third-order valence-electron chi connectivity index (χ3n) is 4.06. The van der Waals surface area contributed by atoms with Crippen LogP contribution in [0.5, 0.6) is 0 Å². The molecule has 4 heteroatoms. The van der Waals surface area contributed by atoms with Crippen LogP contribution >= 0.6 is 0 Å². The SMILES string of the molecule is Cc1cccc(CNc2cc(NC(C)c3ccccc3)nc(C)n2)c1. The molecule has 0 saturated carbocycles. The first-order valence-electron chi connectivity index (χ1n) is 8.57. The fourth-order valence-corrected chi connectivity index (χ4v) is 2.79. The highest BCUT2D eigenvalue weighted by Crippen LogP contribution is 2.20. The highest BCUT2D eigenvalue weighted by molar-refractivity contribution is 5.49. The van der Waals surface area contributed by atoms with Crippen LogP contribution in [0.15, 0.2) is 60.7 Å². The molecule has 128 valence electrons. The molecule has 4 nitrogen and oxygen atoms in total. The summed E-state index contributed by atoms with van der Waals surface area (Å²) in [4.78, 5) is 9.00. The zero-order valence-corrected chi connectivity index (χ0v) is 15.0. The highest BCUT2D eigenvalue weighted by atomic mass is 15.1. The van der Waals surface area contributed by atoms with E-state index in [1.807, 2.05) is 31.2 Å². The molecule has 1 atom stereocenters. The Labute approximate surface area is 149 Å². The topological polar surface area (TPSA) is 49.8 Å². The number of nitrogens with zero attached hydrogens (tertiary/aromatic N) is 2. The molecule has 2 N–H and O–H groups in total. The fraction of sp³-hybridized carbons (Fsp3) is 0.238. The number of nitrogens with one attached hydrogen (secondary N) is 2. The van der Waals surface area contributed by atoms with Crippen LogP contribution in [-0.2, 0) is 6.54 Å². The van der Waals surface area contributed by atoms with E-state index in [0.29, 0.717) is 0 Å². The van der Waals surface area contributed by atoms with Crippen molar-refractivity contribution in [2.45, 2.75) is 33.4 Å². The van der Waals surface area contributed by atoms with Gasteiger partial charge < -0.3 is 10.6 Å². The van der Waals surface area contributed by atoms with Crippen molar-refractivity contribution >= 4 is 11.6 Å². The van der Waals surface area contributed by atoms with Gasteiger partial charge in [0, 0.05) is 18.7 Å². The summed E-state index contributed by atoms with van der Waals surface area (Å²) in [6.45, 7) is 6.89. The first kappa shape index (κ1) is 17.0. The van der Waals surface area contributed by atoms with Crippen molar-refractivity contribution in [2.75, 3.05) is 10.6 Å². The summed E-state index contributed by atoms with van der Waals surface area (Å²) in [5, 5.41) is 6.85. The standard InChI is InChI=1S/C21H24N4/c1-15-8-7-9-18(12-15)14-22-20-13-21(25-17(3)24-20)23-16(2)19-10-5-4-6-11-19/h4-13,16H,14H2,1-3H3,(H2,22,23,24,25). The minimum Gasteiger partial charge on any atom is -0.366 e. The zero-order chi connectivity index (χ0) is 17.6. The first-order valence-corrected chi connectivity index (χ1v) is 8.57. The van der Waals surface area contributed by atoms with Crippen molar-refractivity contribution in [1.29, 1.82) is 0 Å². The van der Waals surface area contributed by atoms with E-state index >= 15 is 0 Å². The van der Waals surface area contributed by atoms with Gasteiger partial charge >= 0.3 is 0 Å². The molecule has 25 heavy (non-hydrogen) atoms. The number of rotatable bonds is 6. The van der Waals surface area contributed by atoms with Gasteiger partial charge in [-0.25, -0.2) is 9.97 Å². The van der Waals surface area contributed by atoms with Crippen LogP contribution in [0.25, 0.3) is 0 Å². The Morgan fingerprint density at radius 3 is 2.40 bits per heavy atom. The van der Waals surface area contributed by atoms with Gasteiger partial charge in [-0.1, -0.05) is 60.2 Å². The number of hydrogen-bond donors (Lipinski definition) is 2. The lowest BCUT2D eigenvalue weighted by Gasteiger charge is -2.16. The van der Waals surface area contributed by atoms with Gasteiger partial charge in [-0.2, -0.15) is 0 Å². The minimum absolute atomic E-state index is 0.181. The van der Waals surface area contributed by atoms with E-state index in [4.69, 9.17) is 0 Å². The third kappa shape index (κ3) is 4.80. The molecule has 0 aliphatic heterocycles. The van der Waals surface area contributed by atoms with Crippen LogP contribution in [0.4, 0.5) is 11.6 Å². The predicted molar refractivity (Wildman–Crippen MR) is 104 cm³/mol. The van der Waals surface area contributed by atoms with Gasteiger partial charge in [-0.3, -0.25) is 0 Å². The molecule has 3 aromatic rings. The van der Waals surface area contributed by atoms with Crippen molar-refractivity contribution in [3.63, 3.8) is 0 Å². The minimum atomic E-state index is 0.181. The second kappa shape index (κ2) is 7.79. The van der Waals surface area contributed by atoms with Crippen LogP contribution < -0.4 is 10.6 Å². The summed E-state index contributed by atoms with van der Waals surface area (Å²) in [6.07, 6.45) is 0. The third-order valence-corrected chi connectivity index (χ3v) is 4.06. The molecule has 0 radical (unpaired) electrons. The number of aromatic nitrogens is 2. The number of hydrogen-bond acceptors (Lipinski definition) is 4. The van der Waals surface area contributed by atoms with E-state index in [-0.39, 0.29) is 6.04 Å². The first-order chi connectivity index (χ1) is 12.1. The molecular weight excluding hydrogens is 308 g/mol. The van der Waals surface area contributed by atoms with E-state index < -0.39 is 0 Å². The fourth-order valence-electron chi connectivity index (χ4n) is 2.79. The molecular formula is C21H24N4. The van der Waals surface area contributed by atoms with Gasteiger partial charge in [0.2, 0.25) is 0 Å². The second-order valence-corrected chi connectivity index (χ2v) is 6.30. The van der Waals surface area contributed by atoms with E-state index in [9.17, 15) is 0 Å². The van der Waals surface area contributed by atoms with Crippen molar-refractivity contribution in [1.82, 2.24) is 9.97 Å². The Morgan fingerprint density at radius 1 is 0.880 bits per heavy atom. The van der Waals surface area contributed by atoms with Crippen molar-refractivity contribution in [2.24, 2.45) is 0 Å². The van der Waals surface area contributed by atoms with E-state index in [0.717, 1.165) is 24.0 Å². The Kier molecular flexibility index (Phi) is 5.29. The maximum atomic E-state index is 4.51. The molecule has 2 aromatic carbocycles. The highest BCUT2D eigenvalue weighted by Gasteiger charge is 2.08. The summed E-state index contributed by atoms with van der Waals surface area (Å²) in [5.41, 5.74) is 3.73. The van der Waals surface area contributed by atoms with Gasteiger partial charge in [0.15, 0.2) is 0 Å². The average molecular weight is 332 g/mol. The van der Waals surface area contributed by atoms with Crippen LogP contribution in [0.3, 0.4) is 0 Å². The molecule has 0 saturated heterocycles. The zero-order valence-electron chi connectivity index (χ0n) is 15.0. The Bertz CT molecular complexity index is 830. The monoisotopic (exact) mass is 332 g/mol. The maximum absolute atomic E-state index is 4.51. The lowest BCUT2D eigenvalue weighted by molar-refractivity contribution is 0.866. The van der Waals surface area contributed by atoms with E-state index in [1.54, 1.807) is 0 Å². The van der Waals surface area contributed by atoms with Crippen molar-refractivity contribution in [3.05, 3.63) is 83.2 Å².